The first-order valence-corrected chi connectivity index (χ1v) is 9.42. The molecule has 1 heterocycles. The van der Waals surface area contributed by atoms with Gasteiger partial charge < -0.3 is 10.1 Å². The number of nitro groups is 1. The molecule has 1 N–H and O–H groups in total. The predicted octanol–water partition coefficient (Wildman–Crippen LogP) is 5.07. The molecule has 1 aliphatic heterocycles. The second kappa shape index (κ2) is 6.37. The zero-order chi connectivity index (χ0) is 19.3. The van der Waals surface area contributed by atoms with Crippen molar-refractivity contribution in [2.75, 3.05) is 12.4 Å². The topological polar surface area (TPSA) is 64.4 Å². The number of hydrogen-bond acceptors (Lipinski definition) is 4. The predicted molar refractivity (Wildman–Crippen MR) is 108 cm³/mol. The Kier molecular flexibility index (Phi) is 3.83. The molecule has 0 amide bonds. The Labute approximate surface area is 163 Å². The van der Waals surface area contributed by atoms with Crippen molar-refractivity contribution in [2.24, 2.45) is 5.92 Å². The Balaban J connectivity index is 1.67. The van der Waals surface area contributed by atoms with E-state index >= 15 is 0 Å². The van der Waals surface area contributed by atoms with Crippen molar-refractivity contribution in [1.29, 1.82) is 0 Å². The summed E-state index contributed by atoms with van der Waals surface area (Å²) >= 11 is 0. The van der Waals surface area contributed by atoms with Crippen LogP contribution in [0.3, 0.4) is 0 Å². The molecule has 3 aromatic carbocycles. The van der Waals surface area contributed by atoms with Crippen molar-refractivity contribution in [2.45, 2.75) is 18.4 Å². The van der Waals surface area contributed by atoms with Crippen LogP contribution in [0, 0.1) is 16.0 Å². The summed E-state index contributed by atoms with van der Waals surface area (Å²) in [6.45, 7) is 0. The summed E-state index contributed by atoms with van der Waals surface area (Å²) in [7, 11) is 1.68. The highest BCUT2D eigenvalue weighted by Crippen LogP contribution is 2.54. The number of hydrogen-bond donors (Lipinski definition) is 1. The van der Waals surface area contributed by atoms with Crippen LogP contribution in [0.25, 0.3) is 0 Å². The van der Waals surface area contributed by atoms with E-state index in [1.54, 1.807) is 19.2 Å². The highest BCUT2D eigenvalue weighted by molar-refractivity contribution is 5.65. The lowest BCUT2D eigenvalue weighted by molar-refractivity contribution is -0.384. The lowest BCUT2D eigenvalue weighted by Gasteiger charge is -2.38. The number of ether oxygens (including phenoxy) is 1. The van der Waals surface area contributed by atoms with Crippen LogP contribution in [0.15, 0.2) is 66.7 Å². The number of nitrogens with zero attached hydrogens (tertiary/aromatic N) is 1. The fourth-order valence-electron chi connectivity index (χ4n) is 4.83. The van der Waals surface area contributed by atoms with Gasteiger partial charge >= 0.3 is 0 Å². The summed E-state index contributed by atoms with van der Waals surface area (Å²) in [5, 5.41) is 15.0. The quantitative estimate of drug-likeness (QED) is 0.515. The lowest BCUT2D eigenvalue weighted by atomic mass is 9.75. The zero-order valence-corrected chi connectivity index (χ0v) is 15.5. The number of methoxy groups -OCH3 is 1. The van der Waals surface area contributed by atoms with Crippen LogP contribution in [-0.2, 0) is 6.42 Å². The highest BCUT2D eigenvalue weighted by Gasteiger charge is 2.43. The molecule has 0 bridgehead atoms. The summed E-state index contributed by atoms with van der Waals surface area (Å²) in [5.41, 5.74) is 5.91. The molecule has 0 radical (unpaired) electrons. The number of nitro benzene ring substituents is 1. The Hall–Kier alpha value is -3.34. The Morgan fingerprint density at radius 1 is 1.04 bits per heavy atom. The molecule has 0 aromatic heterocycles. The highest BCUT2D eigenvalue weighted by atomic mass is 16.6. The van der Waals surface area contributed by atoms with Crippen molar-refractivity contribution in [1.82, 2.24) is 0 Å². The second-order valence-electron chi connectivity index (χ2n) is 7.47. The molecule has 28 heavy (non-hydrogen) atoms. The van der Waals surface area contributed by atoms with Crippen molar-refractivity contribution in [3.63, 3.8) is 0 Å². The van der Waals surface area contributed by atoms with Gasteiger partial charge in [-0.25, -0.2) is 0 Å². The summed E-state index contributed by atoms with van der Waals surface area (Å²) in [5.74, 6) is 1.27. The van der Waals surface area contributed by atoms with Crippen molar-refractivity contribution < 1.29 is 9.66 Å². The number of nitrogens with one attached hydrogen (secondary N) is 1. The Morgan fingerprint density at radius 2 is 1.89 bits per heavy atom. The smallest absolute Gasteiger partial charge is 0.269 e. The number of anilines is 1. The molecular weight excluding hydrogens is 352 g/mol. The Bertz CT molecular complexity index is 1080. The molecule has 5 rings (SSSR count). The van der Waals surface area contributed by atoms with Crippen molar-refractivity contribution >= 4 is 11.4 Å². The summed E-state index contributed by atoms with van der Waals surface area (Å²) < 4.78 is 5.43. The van der Waals surface area contributed by atoms with E-state index in [2.05, 4.69) is 41.7 Å². The molecule has 0 unspecified atom stereocenters. The van der Waals surface area contributed by atoms with E-state index in [4.69, 9.17) is 4.74 Å². The van der Waals surface area contributed by atoms with E-state index in [1.807, 2.05) is 18.2 Å². The minimum atomic E-state index is -0.315. The normalized spacial score (nSPS) is 21.8. The fourth-order valence-corrected chi connectivity index (χ4v) is 4.83. The SMILES string of the molecule is COc1cccc([C@@H]2Nc3ccc([N+](=O)[O-])cc3[C@@H]3c4ccccc4C[C@H]32)c1. The van der Waals surface area contributed by atoms with Gasteiger partial charge in [0, 0.05) is 23.7 Å². The van der Waals surface area contributed by atoms with E-state index in [-0.39, 0.29) is 22.6 Å². The summed E-state index contributed by atoms with van der Waals surface area (Å²) in [4.78, 5) is 11.0. The van der Waals surface area contributed by atoms with Crippen LogP contribution >= 0.6 is 0 Å². The first-order valence-electron chi connectivity index (χ1n) is 9.42. The van der Waals surface area contributed by atoms with Crippen LogP contribution in [0.2, 0.25) is 0 Å². The van der Waals surface area contributed by atoms with Crippen LogP contribution in [0.4, 0.5) is 11.4 Å². The van der Waals surface area contributed by atoms with Gasteiger partial charge in [0.1, 0.15) is 5.75 Å². The molecule has 0 saturated heterocycles. The van der Waals surface area contributed by atoms with E-state index in [9.17, 15) is 10.1 Å². The van der Waals surface area contributed by atoms with E-state index in [0.717, 1.165) is 23.4 Å². The van der Waals surface area contributed by atoms with Gasteiger partial charge in [-0.1, -0.05) is 36.4 Å². The van der Waals surface area contributed by atoms with Crippen LogP contribution in [-0.4, -0.2) is 12.0 Å². The molecule has 1 aliphatic carbocycles. The maximum absolute atomic E-state index is 11.4. The number of fused-ring (bicyclic) bond motifs is 5. The third-order valence-corrected chi connectivity index (χ3v) is 6.05. The molecule has 5 heteroatoms. The number of non-ortho nitro benzene ring substituents is 1. The molecule has 0 fully saturated rings. The van der Waals surface area contributed by atoms with E-state index in [0.29, 0.717) is 5.92 Å². The van der Waals surface area contributed by atoms with Gasteiger partial charge in [-0.3, -0.25) is 10.1 Å². The minimum Gasteiger partial charge on any atom is -0.497 e. The van der Waals surface area contributed by atoms with E-state index in [1.165, 1.54) is 16.7 Å². The van der Waals surface area contributed by atoms with E-state index < -0.39 is 0 Å². The monoisotopic (exact) mass is 372 g/mol. The zero-order valence-electron chi connectivity index (χ0n) is 15.5. The van der Waals surface area contributed by atoms with Gasteiger partial charge in [-0.05, 0) is 52.8 Å². The Morgan fingerprint density at radius 3 is 2.71 bits per heavy atom. The molecule has 2 aliphatic rings. The van der Waals surface area contributed by atoms with Crippen LogP contribution in [0.5, 0.6) is 5.75 Å². The van der Waals surface area contributed by atoms with Crippen molar-refractivity contribution in [3.8, 4) is 5.75 Å². The third kappa shape index (κ3) is 2.54. The van der Waals surface area contributed by atoms with Gasteiger partial charge in [0.15, 0.2) is 0 Å². The van der Waals surface area contributed by atoms with Gasteiger partial charge in [-0.15, -0.1) is 0 Å². The largest absolute Gasteiger partial charge is 0.497 e. The van der Waals surface area contributed by atoms with Crippen LogP contribution in [0.1, 0.15) is 34.2 Å². The average molecular weight is 372 g/mol. The molecule has 0 spiro atoms. The number of benzene rings is 3. The van der Waals surface area contributed by atoms with Crippen LogP contribution < -0.4 is 10.1 Å². The summed E-state index contributed by atoms with van der Waals surface area (Å²) in [6, 6.07) is 21.9. The minimum absolute atomic E-state index is 0.112. The number of rotatable bonds is 3. The maximum atomic E-state index is 11.4. The second-order valence-corrected chi connectivity index (χ2v) is 7.47. The van der Waals surface area contributed by atoms with Crippen molar-refractivity contribution in [3.05, 3.63) is 99.1 Å². The maximum Gasteiger partial charge on any atom is 0.269 e. The van der Waals surface area contributed by atoms with Gasteiger partial charge in [0.05, 0.1) is 18.1 Å². The molecule has 0 saturated carbocycles. The summed E-state index contributed by atoms with van der Waals surface area (Å²) in [6.07, 6.45) is 0.942. The fraction of sp³-hybridized carbons (Fsp3) is 0.217. The first-order chi connectivity index (χ1) is 13.7. The van der Waals surface area contributed by atoms with Gasteiger partial charge in [0.2, 0.25) is 0 Å². The van der Waals surface area contributed by atoms with Gasteiger partial charge in [-0.2, -0.15) is 0 Å². The first kappa shape index (κ1) is 16.8. The third-order valence-electron chi connectivity index (χ3n) is 6.05. The standard InChI is InChI=1S/C23H20N2O3/c1-28-17-7-4-6-15(11-17)23-20-12-14-5-2-3-8-18(14)22(20)19-13-16(25(26)27)9-10-21(19)24-23/h2-11,13,20,22-24H,12H2,1H3/t20-,22+,23+/m1/s1. The average Bonchev–Trinajstić information content (AvgIpc) is 3.12. The molecule has 5 nitrogen and oxygen atoms in total. The molecular formula is C23H20N2O3. The lowest BCUT2D eigenvalue weighted by Crippen LogP contribution is -2.30. The molecule has 140 valence electrons. The molecule has 3 atom stereocenters. The van der Waals surface area contributed by atoms with Gasteiger partial charge in [0.25, 0.3) is 5.69 Å². The molecule has 3 aromatic rings.